The number of rotatable bonds is 3. The number of anilines is 2. The van der Waals surface area contributed by atoms with Crippen LogP contribution in [-0.4, -0.2) is 4.92 Å². The number of non-ortho nitro benzene ring substituents is 1. The summed E-state index contributed by atoms with van der Waals surface area (Å²) < 4.78 is 0. The Balaban J connectivity index is 2.47. The molecule has 0 saturated heterocycles. The van der Waals surface area contributed by atoms with Crippen molar-refractivity contribution in [3.05, 3.63) is 62.7 Å². The van der Waals surface area contributed by atoms with E-state index in [1.165, 1.54) is 0 Å². The third kappa shape index (κ3) is 2.64. The van der Waals surface area contributed by atoms with E-state index in [2.05, 4.69) is 5.32 Å². The Hall–Kier alpha value is -2.36. The van der Waals surface area contributed by atoms with Gasteiger partial charge in [-0.2, -0.15) is 0 Å². The molecule has 0 aliphatic heterocycles. The number of nitro benzene ring substituents is 1. The van der Waals surface area contributed by atoms with Crippen LogP contribution in [-0.2, 0) is 0 Å². The molecule has 4 nitrogen and oxygen atoms in total. The predicted molar refractivity (Wildman–Crippen MR) is 81.8 cm³/mol. The van der Waals surface area contributed by atoms with E-state index in [4.69, 9.17) is 0 Å². The van der Waals surface area contributed by atoms with Gasteiger partial charge >= 0.3 is 0 Å². The number of nitro groups is 1. The zero-order valence-electron chi connectivity index (χ0n) is 12.2. The van der Waals surface area contributed by atoms with E-state index in [9.17, 15) is 10.1 Å². The molecular weight excluding hydrogens is 252 g/mol. The van der Waals surface area contributed by atoms with Crippen LogP contribution in [0.15, 0.2) is 30.3 Å². The smallest absolute Gasteiger partial charge is 0.270 e. The van der Waals surface area contributed by atoms with Crippen LogP contribution in [0.5, 0.6) is 0 Å². The van der Waals surface area contributed by atoms with Gasteiger partial charge < -0.3 is 5.32 Å². The Kier molecular flexibility index (Phi) is 3.74. The maximum atomic E-state index is 10.9. The van der Waals surface area contributed by atoms with Gasteiger partial charge in [0.05, 0.1) is 4.92 Å². The molecule has 2 rings (SSSR count). The van der Waals surface area contributed by atoms with E-state index in [0.717, 1.165) is 33.6 Å². The second-order valence-electron chi connectivity index (χ2n) is 5.10. The highest BCUT2D eigenvalue weighted by molar-refractivity contribution is 5.72. The monoisotopic (exact) mass is 270 g/mol. The van der Waals surface area contributed by atoms with Crippen LogP contribution in [0, 0.1) is 37.8 Å². The molecule has 0 heterocycles. The normalized spacial score (nSPS) is 10.4. The van der Waals surface area contributed by atoms with Crippen molar-refractivity contribution in [2.24, 2.45) is 0 Å². The van der Waals surface area contributed by atoms with Gasteiger partial charge in [-0.05, 0) is 49.9 Å². The molecular formula is C16H18N2O2. The Morgan fingerprint density at radius 3 is 1.80 bits per heavy atom. The van der Waals surface area contributed by atoms with Crippen molar-refractivity contribution in [3.63, 3.8) is 0 Å². The number of benzene rings is 2. The van der Waals surface area contributed by atoms with Crippen LogP contribution in [0.3, 0.4) is 0 Å². The van der Waals surface area contributed by atoms with Crippen LogP contribution in [0.2, 0.25) is 0 Å². The molecule has 0 fully saturated rings. The first-order valence-corrected chi connectivity index (χ1v) is 6.49. The predicted octanol–water partition coefficient (Wildman–Crippen LogP) is 4.57. The Bertz CT molecular complexity index is 635. The van der Waals surface area contributed by atoms with Crippen molar-refractivity contribution in [2.75, 3.05) is 5.32 Å². The van der Waals surface area contributed by atoms with Crippen molar-refractivity contribution in [1.29, 1.82) is 0 Å². The lowest BCUT2D eigenvalue weighted by atomic mass is 10.0. The standard InChI is InChI=1S/C16H18N2O2/c1-10-6-5-7-11(2)15(10)17-16-12(3)8-14(18(19)20)9-13(16)4/h5-9,17H,1-4H3. The van der Waals surface area contributed by atoms with Crippen LogP contribution in [0.25, 0.3) is 0 Å². The average Bonchev–Trinajstić information content (AvgIpc) is 2.36. The van der Waals surface area contributed by atoms with Gasteiger partial charge in [0.1, 0.15) is 0 Å². The maximum absolute atomic E-state index is 10.9. The lowest BCUT2D eigenvalue weighted by Crippen LogP contribution is -2.01. The van der Waals surface area contributed by atoms with E-state index in [1.807, 2.05) is 45.9 Å². The minimum absolute atomic E-state index is 0.132. The summed E-state index contributed by atoms with van der Waals surface area (Å²) in [4.78, 5) is 10.5. The Morgan fingerprint density at radius 2 is 1.35 bits per heavy atom. The lowest BCUT2D eigenvalue weighted by Gasteiger charge is -2.16. The molecule has 0 spiro atoms. The molecule has 0 bridgehead atoms. The van der Waals surface area contributed by atoms with E-state index in [0.29, 0.717) is 0 Å². The largest absolute Gasteiger partial charge is 0.355 e. The highest BCUT2D eigenvalue weighted by Gasteiger charge is 2.13. The van der Waals surface area contributed by atoms with Crippen LogP contribution in [0.1, 0.15) is 22.3 Å². The summed E-state index contributed by atoms with van der Waals surface area (Å²) in [5.74, 6) is 0. The number of hydrogen-bond donors (Lipinski definition) is 1. The van der Waals surface area contributed by atoms with E-state index in [1.54, 1.807) is 12.1 Å². The summed E-state index contributed by atoms with van der Waals surface area (Å²) in [6, 6.07) is 9.31. The first-order valence-electron chi connectivity index (χ1n) is 6.49. The molecule has 0 saturated carbocycles. The Morgan fingerprint density at radius 1 is 0.900 bits per heavy atom. The second-order valence-corrected chi connectivity index (χ2v) is 5.10. The van der Waals surface area contributed by atoms with Crippen molar-refractivity contribution in [3.8, 4) is 0 Å². The zero-order valence-corrected chi connectivity index (χ0v) is 12.2. The number of para-hydroxylation sites is 1. The zero-order chi connectivity index (χ0) is 14.9. The van der Waals surface area contributed by atoms with Crippen LogP contribution >= 0.6 is 0 Å². The molecule has 0 atom stereocenters. The van der Waals surface area contributed by atoms with Crippen LogP contribution < -0.4 is 5.32 Å². The molecule has 0 amide bonds. The quantitative estimate of drug-likeness (QED) is 0.656. The first kappa shape index (κ1) is 14.1. The van der Waals surface area contributed by atoms with Gasteiger partial charge in [0.25, 0.3) is 5.69 Å². The van der Waals surface area contributed by atoms with Gasteiger partial charge in [-0.1, -0.05) is 18.2 Å². The fourth-order valence-electron chi connectivity index (χ4n) is 2.38. The summed E-state index contributed by atoms with van der Waals surface area (Å²) in [5, 5.41) is 14.3. The van der Waals surface area contributed by atoms with Crippen molar-refractivity contribution >= 4 is 17.1 Å². The van der Waals surface area contributed by atoms with Gasteiger partial charge in [0.15, 0.2) is 0 Å². The minimum Gasteiger partial charge on any atom is -0.355 e. The first-order chi connectivity index (χ1) is 9.40. The van der Waals surface area contributed by atoms with Gasteiger partial charge in [-0.25, -0.2) is 0 Å². The van der Waals surface area contributed by atoms with Crippen molar-refractivity contribution in [2.45, 2.75) is 27.7 Å². The van der Waals surface area contributed by atoms with E-state index in [-0.39, 0.29) is 10.6 Å². The molecule has 2 aromatic rings. The average molecular weight is 270 g/mol. The summed E-state index contributed by atoms with van der Waals surface area (Å²) in [6.45, 7) is 7.86. The van der Waals surface area contributed by atoms with E-state index >= 15 is 0 Å². The van der Waals surface area contributed by atoms with Gasteiger partial charge in [-0.15, -0.1) is 0 Å². The summed E-state index contributed by atoms with van der Waals surface area (Å²) in [5.41, 5.74) is 6.19. The molecule has 0 aromatic heterocycles. The highest BCUT2D eigenvalue weighted by Crippen LogP contribution is 2.31. The van der Waals surface area contributed by atoms with Crippen LogP contribution in [0.4, 0.5) is 17.1 Å². The summed E-state index contributed by atoms with van der Waals surface area (Å²) in [6.07, 6.45) is 0. The van der Waals surface area contributed by atoms with Crippen molar-refractivity contribution < 1.29 is 4.92 Å². The Labute approximate surface area is 118 Å². The maximum Gasteiger partial charge on any atom is 0.270 e. The third-order valence-corrected chi connectivity index (χ3v) is 3.46. The van der Waals surface area contributed by atoms with E-state index < -0.39 is 0 Å². The molecule has 0 aliphatic carbocycles. The topological polar surface area (TPSA) is 55.2 Å². The number of hydrogen-bond acceptors (Lipinski definition) is 3. The third-order valence-electron chi connectivity index (χ3n) is 3.46. The molecule has 0 unspecified atom stereocenters. The van der Waals surface area contributed by atoms with Crippen molar-refractivity contribution in [1.82, 2.24) is 0 Å². The molecule has 0 aliphatic rings. The van der Waals surface area contributed by atoms with Gasteiger partial charge in [-0.3, -0.25) is 10.1 Å². The fourth-order valence-corrected chi connectivity index (χ4v) is 2.38. The summed E-state index contributed by atoms with van der Waals surface area (Å²) in [7, 11) is 0. The van der Waals surface area contributed by atoms with Gasteiger partial charge in [0.2, 0.25) is 0 Å². The molecule has 4 heteroatoms. The second kappa shape index (κ2) is 5.33. The van der Waals surface area contributed by atoms with Gasteiger partial charge in [0, 0.05) is 23.5 Å². The molecule has 104 valence electrons. The number of nitrogens with one attached hydrogen (secondary N) is 1. The summed E-state index contributed by atoms with van der Waals surface area (Å²) >= 11 is 0. The molecule has 1 N–H and O–H groups in total. The number of nitrogens with zero attached hydrogens (tertiary/aromatic N) is 1. The number of aryl methyl sites for hydroxylation is 4. The highest BCUT2D eigenvalue weighted by atomic mass is 16.6. The molecule has 0 radical (unpaired) electrons. The lowest BCUT2D eigenvalue weighted by molar-refractivity contribution is -0.384. The fraction of sp³-hybridized carbons (Fsp3) is 0.250. The minimum atomic E-state index is -0.358. The molecule has 20 heavy (non-hydrogen) atoms. The molecule has 2 aromatic carbocycles. The SMILES string of the molecule is Cc1cccc(C)c1Nc1c(C)cc([N+](=O)[O-])cc1C.